The second-order valence-corrected chi connectivity index (χ2v) is 12.6. The zero-order valence-electron chi connectivity index (χ0n) is 26.6. The number of hydrogen-bond donors (Lipinski definition) is 0. The van der Waals surface area contributed by atoms with Crippen LogP contribution in [0.1, 0.15) is 0 Å². The molecule has 0 spiro atoms. The lowest BCUT2D eigenvalue weighted by molar-refractivity contribution is 1.18. The Balaban J connectivity index is 1.24. The second kappa shape index (κ2) is 11.0. The highest BCUT2D eigenvalue weighted by Gasteiger charge is 2.20. The summed E-state index contributed by atoms with van der Waals surface area (Å²) < 4.78 is 2.42. The Bertz CT molecular complexity index is 2850. The Morgan fingerprint density at radius 3 is 1.67 bits per heavy atom. The summed E-state index contributed by atoms with van der Waals surface area (Å²) in [7, 11) is 0. The monoisotopic (exact) mass is 623 g/mol. The van der Waals surface area contributed by atoms with Crippen molar-refractivity contribution < 1.29 is 0 Å². The van der Waals surface area contributed by atoms with E-state index in [1.807, 2.05) is 6.07 Å². The van der Waals surface area contributed by atoms with E-state index >= 15 is 0 Å². The van der Waals surface area contributed by atoms with E-state index in [1.165, 1.54) is 49.0 Å². The predicted octanol–water partition coefficient (Wildman–Crippen LogP) is 12.0. The van der Waals surface area contributed by atoms with Crippen molar-refractivity contribution in [3.63, 3.8) is 0 Å². The minimum atomic E-state index is 0.716. The quantitative estimate of drug-likeness (QED) is 0.183. The van der Waals surface area contributed by atoms with Gasteiger partial charge < -0.3 is 4.57 Å². The number of fused-ring (bicyclic) bond motifs is 9. The number of rotatable bonds is 4. The summed E-state index contributed by atoms with van der Waals surface area (Å²) in [5.41, 5.74) is 9.81. The fourth-order valence-electron chi connectivity index (χ4n) is 7.54. The van der Waals surface area contributed by atoms with Crippen molar-refractivity contribution in [2.45, 2.75) is 0 Å². The van der Waals surface area contributed by atoms with Gasteiger partial charge in [0.05, 0.1) is 22.2 Å². The first-order valence-corrected chi connectivity index (χ1v) is 16.7. The smallest absolute Gasteiger partial charge is 0.160 e. The molecule has 0 unspecified atom stereocenters. The number of aromatic nitrogens is 3. The standard InChI is InChI=1S/C46H29N3/c1-3-13-30(14-4-1)31-23-25-32(26-24-31)44-39-21-11-12-22-41(39)47-46(48-44)33-27-28-42-40(29-33)43-37-19-9-7-17-35(37)36-18-8-10-20-38(36)45(43)49(42)34-15-5-2-6-16-34/h1-29H. The van der Waals surface area contributed by atoms with Gasteiger partial charge in [0.1, 0.15) is 0 Å². The van der Waals surface area contributed by atoms with Gasteiger partial charge in [0.2, 0.25) is 0 Å². The molecule has 0 amide bonds. The summed E-state index contributed by atoms with van der Waals surface area (Å²) in [6.45, 7) is 0. The van der Waals surface area contributed by atoms with Crippen LogP contribution in [0, 0.1) is 0 Å². The van der Waals surface area contributed by atoms with E-state index in [9.17, 15) is 0 Å². The third-order valence-corrected chi connectivity index (χ3v) is 9.78. The Kier molecular flexibility index (Phi) is 6.18. The second-order valence-electron chi connectivity index (χ2n) is 12.6. The van der Waals surface area contributed by atoms with Crippen LogP contribution >= 0.6 is 0 Å². The van der Waals surface area contributed by atoms with Crippen LogP contribution in [0.2, 0.25) is 0 Å². The van der Waals surface area contributed by atoms with E-state index < -0.39 is 0 Å². The van der Waals surface area contributed by atoms with Crippen LogP contribution in [0.5, 0.6) is 0 Å². The van der Waals surface area contributed by atoms with Crippen molar-refractivity contribution in [1.29, 1.82) is 0 Å². The topological polar surface area (TPSA) is 30.7 Å². The molecule has 8 aromatic carbocycles. The van der Waals surface area contributed by atoms with E-state index in [0.29, 0.717) is 5.82 Å². The summed E-state index contributed by atoms with van der Waals surface area (Å²) in [4.78, 5) is 10.4. The van der Waals surface area contributed by atoms with Crippen molar-refractivity contribution >= 4 is 54.3 Å². The molecule has 3 heteroatoms. The summed E-state index contributed by atoms with van der Waals surface area (Å²) in [6.07, 6.45) is 0. The third kappa shape index (κ3) is 4.37. The molecule has 0 bridgehead atoms. The molecular weight excluding hydrogens is 595 g/mol. The maximum atomic E-state index is 5.29. The molecular formula is C46H29N3. The van der Waals surface area contributed by atoms with Gasteiger partial charge in [0.25, 0.3) is 0 Å². The van der Waals surface area contributed by atoms with E-state index in [1.54, 1.807) is 0 Å². The zero-order chi connectivity index (χ0) is 32.3. The summed E-state index contributed by atoms with van der Waals surface area (Å²) in [6, 6.07) is 62.5. The SMILES string of the molecule is c1ccc(-c2ccc(-c3nc(-c4ccc5c(c4)c4c6ccccc6c6ccccc6c4n5-c4ccccc4)nc4ccccc34)cc2)cc1. The van der Waals surface area contributed by atoms with Crippen LogP contribution in [0.25, 0.3) is 93.7 Å². The summed E-state index contributed by atoms with van der Waals surface area (Å²) in [5.74, 6) is 0.716. The molecule has 10 aromatic rings. The molecule has 0 aliphatic rings. The van der Waals surface area contributed by atoms with E-state index in [-0.39, 0.29) is 0 Å². The van der Waals surface area contributed by atoms with E-state index in [4.69, 9.17) is 9.97 Å². The lowest BCUT2D eigenvalue weighted by atomic mass is 9.96. The van der Waals surface area contributed by atoms with Gasteiger partial charge in [-0.2, -0.15) is 0 Å². The molecule has 49 heavy (non-hydrogen) atoms. The van der Waals surface area contributed by atoms with Crippen LogP contribution in [0.3, 0.4) is 0 Å². The zero-order valence-corrected chi connectivity index (χ0v) is 26.6. The van der Waals surface area contributed by atoms with Gasteiger partial charge in [-0.15, -0.1) is 0 Å². The molecule has 0 saturated heterocycles. The van der Waals surface area contributed by atoms with Crippen LogP contribution in [0.15, 0.2) is 176 Å². The Morgan fingerprint density at radius 1 is 0.367 bits per heavy atom. The van der Waals surface area contributed by atoms with Gasteiger partial charge >= 0.3 is 0 Å². The fourth-order valence-corrected chi connectivity index (χ4v) is 7.54. The minimum Gasteiger partial charge on any atom is -0.309 e. The van der Waals surface area contributed by atoms with Gasteiger partial charge in [0, 0.05) is 38.4 Å². The fraction of sp³-hybridized carbons (Fsp3) is 0. The molecule has 0 saturated carbocycles. The number of nitrogens with zero attached hydrogens (tertiary/aromatic N) is 3. The average Bonchev–Trinajstić information content (AvgIpc) is 3.53. The van der Waals surface area contributed by atoms with Crippen LogP contribution in [0.4, 0.5) is 0 Å². The molecule has 10 rings (SSSR count). The van der Waals surface area contributed by atoms with Gasteiger partial charge in [-0.3, -0.25) is 0 Å². The number of hydrogen-bond acceptors (Lipinski definition) is 2. The molecule has 0 aliphatic carbocycles. The molecule has 3 nitrogen and oxygen atoms in total. The molecule has 228 valence electrons. The third-order valence-electron chi connectivity index (χ3n) is 9.78. The molecule has 2 aromatic heterocycles. The minimum absolute atomic E-state index is 0.716. The Labute approximate surface area is 283 Å². The van der Waals surface area contributed by atoms with Gasteiger partial charge in [0.15, 0.2) is 5.82 Å². The van der Waals surface area contributed by atoms with Crippen molar-refractivity contribution in [3.8, 4) is 39.5 Å². The van der Waals surface area contributed by atoms with Crippen LogP contribution < -0.4 is 0 Å². The molecule has 0 radical (unpaired) electrons. The van der Waals surface area contributed by atoms with E-state index in [2.05, 4.69) is 174 Å². The first-order chi connectivity index (χ1) is 24.3. The average molecular weight is 624 g/mol. The Morgan fingerprint density at radius 2 is 0.918 bits per heavy atom. The van der Waals surface area contributed by atoms with Crippen molar-refractivity contribution in [2.75, 3.05) is 0 Å². The summed E-state index contributed by atoms with van der Waals surface area (Å²) >= 11 is 0. The number of benzene rings is 8. The lowest BCUT2D eigenvalue weighted by Gasteiger charge is -2.12. The highest BCUT2D eigenvalue weighted by Crippen LogP contribution is 2.43. The van der Waals surface area contributed by atoms with E-state index in [0.717, 1.165) is 38.9 Å². The predicted molar refractivity (Wildman–Crippen MR) is 205 cm³/mol. The molecule has 0 atom stereocenters. The molecule has 0 N–H and O–H groups in total. The van der Waals surface area contributed by atoms with Gasteiger partial charge in [-0.1, -0.05) is 140 Å². The van der Waals surface area contributed by atoms with Crippen molar-refractivity contribution in [3.05, 3.63) is 176 Å². The Hall–Kier alpha value is -6.58. The normalized spacial score (nSPS) is 11.7. The molecule has 0 aliphatic heterocycles. The number of para-hydroxylation sites is 2. The molecule has 2 heterocycles. The highest BCUT2D eigenvalue weighted by molar-refractivity contribution is 6.32. The van der Waals surface area contributed by atoms with Gasteiger partial charge in [-0.25, -0.2) is 9.97 Å². The van der Waals surface area contributed by atoms with Crippen LogP contribution in [-0.4, -0.2) is 14.5 Å². The van der Waals surface area contributed by atoms with Crippen molar-refractivity contribution in [2.24, 2.45) is 0 Å². The maximum absolute atomic E-state index is 5.29. The largest absolute Gasteiger partial charge is 0.309 e. The lowest BCUT2D eigenvalue weighted by Crippen LogP contribution is -1.96. The van der Waals surface area contributed by atoms with Crippen LogP contribution in [-0.2, 0) is 0 Å². The first-order valence-electron chi connectivity index (χ1n) is 16.7. The van der Waals surface area contributed by atoms with Gasteiger partial charge in [-0.05, 0) is 63.7 Å². The molecule has 0 fully saturated rings. The first kappa shape index (κ1) is 27.5. The van der Waals surface area contributed by atoms with Crippen molar-refractivity contribution in [1.82, 2.24) is 14.5 Å². The maximum Gasteiger partial charge on any atom is 0.160 e. The summed E-state index contributed by atoms with van der Waals surface area (Å²) in [5, 5.41) is 8.46. The highest BCUT2D eigenvalue weighted by atomic mass is 15.0.